The Morgan fingerprint density at radius 2 is 2.22 bits per heavy atom. The summed E-state index contributed by atoms with van der Waals surface area (Å²) in [7, 11) is 1.74. The maximum Gasteiger partial charge on any atom is 0.123 e. The van der Waals surface area contributed by atoms with E-state index in [4.69, 9.17) is 10.5 Å². The number of nitrogens with two attached hydrogens (primary N) is 1. The predicted molar refractivity (Wildman–Crippen MR) is 77.4 cm³/mol. The molecule has 0 aromatic heterocycles. The monoisotopic (exact) mass is 270 g/mol. The molecule has 0 amide bonds. The molecule has 1 unspecified atom stereocenters. The van der Waals surface area contributed by atoms with Gasteiger partial charge in [-0.05, 0) is 38.4 Å². The third-order valence-corrected chi connectivity index (χ3v) is 3.53. The molecule has 0 radical (unpaired) electrons. The average Bonchev–Trinajstić information content (AvgIpc) is 2.77. The van der Waals surface area contributed by atoms with Gasteiger partial charge in [0, 0.05) is 18.7 Å². The van der Waals surface area contributed by atoms with Crippen molar-refractivity contribution in [3.05, 3.63) is 29.3 Å². The van der Waals surface area contributed by atoms with Crippen LogP contribution in [0.25, 0.3) is 0 Å². The van der Waals surface area contributed by atoms with Crippen LogP contribution in [-0.2, 0) is 6.54 Å². The van der Waals surface area contributed by atoms with Crippen molar-refractivity contribution < 1.29 is 4.74 Å². The summed E-state index contributed by atoms with van der Waals surface area (Å²) in [6.07, 6.45) is 1.23. The Balaban J connectivity index is 0.00000162. The summed E-state index contributed by atoms with van der Waals surface area (Å²) >= 11 is 0. The number of rotatable bonds is 4. The van der Waals surface area contributed by atoms with Gasteiger partial charge in [-0.1, -0.05) is 17.7 Å². The molecule has 2 rings (SSSR count). The molecular weight excluding hydrogens is 248 g/mol. The number of likely N-dealkylation sites (tertiary alicyclic amines) is 1. The summed E-state index contributed by atoms with van der Waals surface area (Å²) in [6.45, 7) is 6.17. The lowest BCUT2D eigenvalue weighted by atomic mass is 10.1. The van der Waals surface area contributed by atoms with Crippen LogP contribution < -0.4 is 10.5 Å². The van der Waals surface area contributed by atoms with E-state index in [1.807, 2.05) is 0 Å². The minimum Gasteiger partial charge on any atom is -0.496 e. The van der Waals surface area contributed by atoms with Crippen molar-refractivity contribution in [3.8, 4) is 5.75 Å². The van der Waals surface area contributed by atoms with Gasteiger partial charge in [0.1, 0.15) is 5.75 Å². The van der Waals surface area contributed by atoms with Crippen molar-refractivity contribution in [1.82, 2.24) is 4.90 Å². The van der Waals surface area contributed by atoms with Crippen LogP contribution in [0.4, 0.5) is 0 Å². The molecule has 1 heterocycles. The molecule has 0 saturated carbocycles. The summed E-state index contributed by atoms with van der Waals surface area (Å²) in [5, 5.41) is 0. The Hall–Kier alpha value is -0.770. The zero-order valence-electron chi connectivity index (χ0n) is 11.2. The van der Waals surface area contributed by atoms with Crippen molar-refractivity contribution >= 4 is 12.4 Å². The number of halogens is 1. The van der Waals surface area contributed by atoms with E-state index in [0.717, 1.165) is 31.9 Å². The van der Waals surface area contributed by atoms with Gasteiger partial charge in [0.15, 0.2) is 0 Å². The largest absolute Gasteiger partial charge is 0.496 e. The quantitative estimate of drug-likeness (QED) is 0.912. The topological polar surface area (TPSA) is 38.5 Å². The lowest BCUT2D eigenvalue weighted by molar-refractivity contribution is 0.309. The second kappa shape index (κ2) is 6.98. The molecule has 1 aromatic rings. The van der Waals surface area contributed by atoms with E-state index < -0.39 is 0 Å². The molecule has 4 heteroatoms. The molecule has 0 spiro atoms. The van der Waals surface area contributed by atoms with E-state index in [1.165, 1.54) is 17.5 Å². The third kappa shape index (κ3) is 3.61. The lowest BCUT2D eigenvalue weighted by Gasteiger charge is -2.18. The smallest absolute Gasteiger partial charge is 0.123 e. The number of nitrogens with zero attached hydrogens (tertiary/aromatic N) is 1. The second-order valence-electron chi connectivity index (χ2n) is 4.94. The van der Waals surface area contributed by atoms with Crippen LogP contribution in [-0.4, -0.2) is 31.6 Å². The highest BCUT2D eigenvalue weighted by Crippen LogP contribution is 2.24. The van der Waals surface area contributed by atoms with Gasteiger partial charge in [-0.25, -0.2) is 0 Å². The van der Waals surface area contributed by atoms with Crippen LogP contribution in [0.3, 0.4) is 0 Å². The molecule has 1 aliphatic rings. The molecule has 3 nitrogen and oxygen atoms in total. The van der Waals surface area contributed by atoms with Crippen LogP contribution in [0.5, 0.6) is 5.75 Å². The first-order chi connectivity index (χ1) is 8.22. The lowest BCUT2D eigenvalue weighted by Crippen LogP contribution is -2.23. The van der Waals surface area contributed by atoms with Gasteiger partial charge in [0.2, 0.25) is 0 Å². The molecule has 1 aromatic carbocycles. The zero-order valence-corrected chi connectivity index (χ0v) is 12.0. The van der Waals surface area contributed by atoms with E-state index >= 15 is 0 Å². The second-order valence-corrected chi connectivity index (χ2v) is 4.94. The molecule has 1 fully saturated rings. The number of aryl methyl sites for hydroxylation is 1. The van der Waals surface area contributed by atoms with E-state index in [-0.39, 0.29) is 12.4 Å². The zero-order chi connectivity index (χ0) is 12.3. The minimum absolute atomic E-state index is 0. The van der Waals surface area contributed by atoms with Gasteiger partial charge in [0.05, 0.1) is 7.11 Å². The average molecular weight is 271 g/mol. The van der Waals surface area contributed by atoms with Crippen LogP contribution in [0.1, 0.15) is 17.5 Å². The first-order valence-electron chi connectivity index (χ1n) is 6.29. The first kappa shape index (κ1) is 15.3. The molecule has 18 heavy (non-hydrogen) atoms. The first-order valence-corrected chi connectivity index (χ1v) is 6.29. The maximum atomic E-state index is 5.72. The van der Waals surface area contributed by atoms with Gasteiger partial charge >= 0.3 is 0 Å². The van der Waals surface area contributed by atoms with Gasteiger partial charge in [-0.15, -0.1) is 12.4 Å². The van der Waals surface area contributed by atoms with Gasteiger partial charge in [0.25, 0.3) is 0 Å². The molecule has 0 bridgehead atoms. The summed E-state index contributed by atoms with van der Waals surface area (Å²) in [4.78, 5) is 2.47. The molecular formula is C14H23ClN2O. The standard InChI is InChI=1S/C14H22N2O.ClH/c1-11-3-4-14(17-2)13(7-11)10-16-6-5-12(8-15)9-16;/h3-4,7,12H,5-6,8-10,15H2,1-2H3;1H. The van der Waals surface area contributed by atoms with E-state index in [1.54, 1.807) is 7.11 Å². The Morgan fingerprint density at radius 3 is 2.83 bits per heavy atom. The van der Waals surface area contributed by atoms with Gasteiger partial charge < -0.3 is 10.5 Å². The van der Waals surface area contributed by atoms with Crippen molar-refractivity contribution in [1.29, 1.82) is 0 Å². The molecule has 0 aliphatic carbocycles. The van der Waals surface area contributed by atoms with Crippen LogP contribution in [0.2, 0.25) is 0 Å². The highest BCUT2D eigenvalue weighted by Gasteiger charge is 2.21. The van der Waals surface area contributed by atoms with Crippen LogP contribution in [0, 0.1) is 12.8 Å². The summed E-state index contributed by atoms with van der Waals surface area (Å²) in [5.74, 6) is 1.66. The number of benzene rings is 1. The molecule has 1 aliphatic heterocycles. The normalized spacial score (nSPS) is 19.6. The maximum absolute atomic E-state index is 5.72. The number of ether oxygens (including phenoxy) is 1. The van der Waals surface area contributed by atoms with Crippen LogP contribution in [0.15, 0.2) is 18.2 Å². The number of hydrogen-bond donors (Lipinski definition) is 1. The Kier molecular flexibility index (Phi) is 5.93. The summed E-state index contributed by atoms with van der Waals surface area (Å²) in [5.41, 5.74) is 8.29. The van der Waals surface area contributed by atoms with E-state index in [0.29, 0.717) is 5.92 Å². The van der Waals surface area contributed by atoms with Crippen LogP contribution >= 0.6 is 12.4 Å². The fourth-order valence-electron chi connectivity index (χ4n) is 2.52. The van der Waals surface area contributed by atoms with Crippen molar-refractivity contribution in [3.63, 3.8) is 0 Å². The Labute approximate surface area is 116 Å². The molecule has 102 valence electrons. The van der Waals surface area contributed by atoms with E-state index in [2.05, 4.69) is 30.0 Å². The van der Waals surface area contributed by atoms with Crippen molar-refractivity contribution in [2.75, 3.05) is 26.7 Å². The predicted octanol–water partition coefficient (Wildman–Crippen LogP) is 2.21. The van der Waals surface area contributed by atoms with E-state index in [9.17, 15) is 0 Å². The Bertz CT molecular complexity index is 384. The molecule has 1 atom stereocenters. The van der Waals surface area contributed by atoms with Crippen molar-refractivity contribution in [2.45, 2.75) is 19.9 Å². The highest BCUT2D eigenvalue weighted by atomic mass is 35.5. The van der Waals surface area contributed by atoms with Gasteiger partial charge in [-0.2, -0.15) is 0 Å². The minimum atomic E-state index is 0. The molecule has 1 saturated heterocycles. The van der Waals surface area contributed by atoms with Crippen molar-refractivity contribution in [2.24, 2.45) is 11.7 Å². The molecule has 2 N–H and O–H groups in total. The van der Waals surface area contributed by atoms with Gasteiger partial charge in [-0.3, -0.25) is 4.90 Å². The Morgan fingerprint density at radius 1 is 1.44 bits per heavy atom. The SMILES string of the molecule is COc1ccc(C)cc1CN1CCC(CN)C1.Cl. The highest BCUT2D eigenvalue weighted by molar-refractivity contribution is 5.85. The summed E-state index contributed by atoms with van der Waals surface area (Å²) in [6, 6.07) is 6.37. The fraction of sp³-hybridized carbons (Fsp3) is 0.571. The fourth-order valence-corrected chi connectivity index (χ4v) is 2.52. The summed E-state index contributed by atoms with van der Waals surface area (Å²) < 4.78 is 5.41. The number of hydrogen-bond acceptors (Lipinski definition) is 3. The third-order valence-electron chi connectivity index (χ3n) is 3.53. The number of methoxy groups -OCH3 is 1.